The van der Waals surface area contributed by atoms with Gasteiger partial charge < -0.3 is 24.1 Å². The number of carbonyl (C=O) groups excluding carboxylic acids is 1. The van der Waals surface area contributed by atoms with Crippen LogP contribution in [0.3, 0.4) is 0 Å². The van der Waals surface area contributed by atoms with Crippen molar-refractivity contribution in [2.45, 2.75) is 20.4 Å². The first-order valence-electron chi connectivity index (χ1n) is 8.80. The molecule has 148 valence electrons. The quantitative estimate of drug-likeness (QED) is 0.648. The van der Waals surface area contributed by atoms with Gasteiger partial charge in [-0.25, -0.2) is 0 Å². The minimum absolute atomic E-state index is 0.123. The second kappa shape index (κ2) is 8.39. The van der Waals surface area contributed by atoms with Gasteiger partial charge in [0.15, 0.2) is 11.5 Å². The lowest BCUT2D eigenvalue weighted by Crippen LogP contribution is -2.24. The normalized spacial score (nSPS) is 10.6. The number of ether oxygens (including phenoxy) is 3. The van der Waals surface area contributed by atoms with Crippen molar-refractivity contribution in [3.8, 4) is 22.2 Å². The summed E-state index contributed by atoms with van der Waals surface area (Å²) in [5, 5.41) is 3.93. The fourth-order valence-electron chi connectivity index (χ4n) is 3.02. The minimum Gasteiger partial charge on any atom is -0.496 e. The molecule has 6 nitrogen and oxygen atoms in total. The van der Waals surface area contributed by atoms with E-state index in [2.05, 4.69) is 5.32 Å². The van der Waals surface area contributed by atoms with Gasteiger partial charge in [-0.2, -0.15) is 0 Å². The van der Waals surface area contributed by atoms with Gasteiger partial charge in [0.05, 0.1) is 26.9 Å². The first-order valence-corrected chi connectivity index (χ1v) is 9.62. The molecule has 1 N–H and O–H groups in total. The van der Waals surface area contributed by atoms with Crippen LogP contribution in [0.5, 0.6) is 17.2 Å². The summed E-state index contributed by atoms with van der Waals surface area (Å²) in [5.41, 5.74) is 2.49. The molecule has 0 aliphatic carbocycles. The Kier molecular flexibility index (Phi) is 5.94. The molecule has 0 atom stereocenters. The number of aryl methyl sites for hydroxylation is 1. The fourth-order valence-corrected chi connectivity index (χ4v) is 4.14. The van der Waals surface area contributed by atoms with E-state index in [1.54, 1.807) is 38.7 Å². The van der Waals surface area contributed by atoms with E-state index in [4.69, 9.17) is 14.2 Å². The number of nitrogens with zero attached hydrogens (tertiary/aromatic N) is 1. The monoisotopic (exact) mass is 400 g/mol. The summed E-state index contributed by atoms with van der Waals surface area (Å²) >= 11 is 1.61. The largest absolute Gasteiger partial charge is 0.496 e. The van der Waals surface area contributed by atoms with Crippen molar-refractivity contribution >= 4 is 17.2 Å². The minimum atomic E-state index is -0.123. The van der Waals surface area contributed by atoms with E-state index in [0.29, 0.717) is 29.4 Å². The molecule has 0 aliphatic rings. The van der Waals surface area contributed by atoms with Gasteiger partial charge in [-0.1, -0.05) is 0 Å². The Balaban J connectivity index is 1.88. The summed E-state index contributed by atoms with van der Waals surface area (Å²) in [6, 6.07) is 7.46. The number of hydrogen-bond acceptors (Lipinski definition) is 5. The summed E-state index contributed by atoms with van der Waals surface area (Å²) in [7, 11) is 4.74. The van der Waals surface area contributed by atoms with Crippen molar-refractivity contribution < 1.29 is 19.0 Å². The Morgan fingerprint density at radius 1 is 1.00 bits per heavy atom. The standard InChI is InChI=1S/C21H24N2O4S/c1-13-14(2)28-21(23-8-6-7-9-23)19(13)20(24)22-12-15-10-17(26-4)18(27-5)11-16(15)25-3/h6-11H,12H2,1-5H3,(H,22,24). The molecule has 3 aromatic rings. The zero-order valence-electron chi connectivity index (χ0n) is 16.7. The third-order valence-electron chi connectivity index (χ3n) is 4.66. The third kappa shape index (κ3) is 3.71. The molecule has 2 heterocycles. The van der Waals surface area contributed by atoms with Crippen LogP contribution in [0, 0.1) is 13.8 Å². The Hall–Kier alpha value is -2.93. The number of thiophene rings is 1. The molecule has 0 bridgehead atoms. The fraction of sp³-hybridized carbons (Fsp3) is 0.286. The highest BCUT2D eigenvalue weighted by atomic mass is 32.1. The van der Waals surface area contributed by atoms with Crippen molar-refractivity contribution in [1.29, 1.82) is 0 Å². The van der Waals surface area contributed by atoms with Crippen LogP contribution in [0.25, 0.3) is 5.00 Å². The molecule has 28 heavy (non-hydrogen) atoms. The maximum absolute atomic E-state index is 13.0. The molecule has 2 aromatic heterocycles. The van der Waals surface area contributed by atoms with E-state index in [9.17, 15) is 4.79 Å². The van der Waals surface area contributed by atoms with Crippen molar-refractivity contribution in [1.82, 2.24) is 9.88 Å². The predicted molar refractivity (Wildman–Crippen MR) is 110 cm³/mol. The van der Waals surface area contributed by atoms with Crippen molar-refractivity contribution in [3.05, 3.63) is 58.2 Å². The number of rotatable bonds is 7. The van der Waals surface area contributed by atoms with E-state index < -0.39 is 0 Å². The van der Waals surface area contributed by atoms with Gasteiger partial charge in [-0.05, 0) is 37.6 Å². The second-order valence-electron chi connectivity index (χ2n) is 6.26. The molecule has 1 aromatic carbocycles. The maximum Gasteiger partial charge on any atom is 0.254 e. The third-order valence-corrected chi connectivity index (χ3v) is 5.88. The van der Waals surface area contributed by atoms with Gasteiger partial charge in [-0.15, -0.1) is 11.3 Å². The van der Waals surface area contributed by atoms with E-state index in [1.165, 1.54) is 0 Å². The summed E-state index contributed by atoms with van der Waals surface area (Å²) in [4.78, 5) is 14.2. The summed E-state index contributed by atoms with van der Waals surface area (Å²) < 4.78 is 18.1. The number of carbonyl (C=O) groups is 1. The van der Waals surface area contributed by atoms with Gasteiger partial charge in [0.2, 0.25) is 0 Å². The molecule has 7 heteroatoms. The molecule has 0 fully saturated rings. The van der Waals surface area contributed by atoms with Crippen LogP contribution < -0.4 is 19.5 Å². The maximum atomic E-state index is 13.0. The number of nitrogens with one attached hydrogen (secondary N) is 1. The molecular formula is C21H24N2O4S. The topological polar surface area (TPSA) is 61.7 Å². The highest BCUT2D eigenvalue weighted by Crippen LogP contribution is 2.35. The van der Waals surface area contributed by atoms with Gasteiger partial charge >= 0.3 is 0 Å². The first-order chi connectivity index (χ1) is 13.5. The Morgan fingerprint density at radius 2 is 1.61 bits per heavy atom. The van der Waals surface area contributed by atoms with Crippen LogP contribution in [0.2, 0.25) is 0 Å². The number of benzene rings is 1. The number of amides is 1. The average molecular weight is 401 g/mol. The van der Waals surface area contributed by atoms with Crippen LogP contribution in [0.15, 0.2) is 36.7 Å². The number of methoxy groups -OCH3 is 3. The molecule has 0 saturated carbocycles. The van der Waals surface area contributed by atoms with E-state index >= 15 is 0 Å². The lowest BCUT2D eigenvalue weighted by Gasteiger charge is -2.15. The van der Waals surface area contributed by atoms with Crippen molar-refractivity contribution in [2.24, 2.45) is 0 Å². The summed E-state index contributed by atoms with van der Waals surface area (Å²) in [6.45, 7) is 4.31. The zero-order chi connectivity index (χ0) is 20.3. The van der Waals surface area contributed by atoms with Crippen LogP contribution in [0.4, 0.5) is 0 Å². The average Bonchev–Trinajstić information content (AvgIpc) is 3.34. The van der Waals surface area contributed by atoms with Crippen LogP contribution >= 0.6 is 11.3 Å². The first kappa shape index (κ1) is 19.8. The van der Waals surface area contributed by atoms with Crippen LogP contribution in [-0.4, -0.2) is 31.8 Å². The predicted octanol–water partition coefficient (Wildman–Crippen LogP) is 4.11. The van der Waals surface area contributed by atoms with Gasteiger partial charge in [0.1, 0.15) is 10.8 Å². The van der Waals surface area contributed by atoms with E-state index in [0.717, 1.165) is 21.0 Å². The molecule has 0 radical (unpaired) electrons. The van der Waals surface area contributed by atoms with Crippen LogP contribution in [0.1, 0.15) is 26.4 Å². The second-order valence-corrected chi connectivity index (χ2v) is 7.46. The zero-order valence-corrected chi connectivity index (χ0v) is 17.5. The summed E-state index contributed by atoms with van der Waals surface area (Å²) in [6.07, 6.45) is 3.89. The molecule has 0 spiro atoms. The smallest absolute Gasteiger partial charge is 0.254 e. The number of hydrogen-bond donors (Lipinski definition) is 1. The van der Waals surface area contributed by atoms with Crippen molar-refractivity contribution in [2.75, 3.05) is 21.3 Å². The summed E-state index contributed by atoms with van der Waals surface area (Å²) in [5.74, 6) is 1.67. The lowest BCUT2D eigenvalue weighted by atomic mass is 10.1. The van der Waals surface area contributed by atoms with Gasteiger partial charge in [-0.3, -0.25) is 4.79 Å². The van der Waals surface area contributed by atoms with E-state index in [1.807, 2.05) is 49.0 Å². The molecule has 0 aliphatic heterocycles. The lowest BCUT2D eigenvalue weighted by molar-refractivity contribution is 0.0950. The Labute approximate surface area is 168 Å². The molecule has 3 rings (SSSR count). The Morgan fingerprint density at radius 3 is 2.21 bits per heavy atom. The highest BCUT2D eigenvalue weighted by molar-refractivity contribution is 7.15. The molecule has 0 saturated heterocycles. The van der Waals surface area contributed by atoms with E-state index in [-0.39, 0.29) is 5.91 Å². The highest BCUT2D eigenvalue weighted by Gasteiger charge is 2.21. The molecular weight excluding hydrogens is 376 g/mol. The van der Waals surface area contributed by atoms with Crippen molar-refractivity contribution in [3.63, 3.8) is 0 Å². The van der Waals surface area contributed by atoms with Gasteiger partial charge in [0.25, 0.3) is 5.91 Å². The van der Waals surface area contributed by atoms with Crippen LogP contribution in [-0.2, 0) is 6.54 Å². The number of aromatic nitrogens is 1. The Bertz CT molecular complexity index is 977. The SMILES string of the molecule is COc1cc(OC)c(OC)cc1CNC(=O)c1c(-n2cccc2)sc(C)c1C. The van der Waals surface area contributed by atoms with Gasteiger partial charge in [0, 0.05) is 35.4 Å². The molecule has 0 unspecified atom stereocenters. The molecule has 1 amide bonds.